The number of hydrogen-bond acceptors (Lipinski definition) is 2. The molecule has 84 valence electrons. The standard InChI is InChI=1S/C9H15F3O2/c1-2-3-4-5-6-8(13)7-14-9(10,11)12/h2-7H2,1H3. The van der Waals surface area contributed by atoms with E-state index in [0.29, 0.717) is 6.42 Å². The lowest BCUT2D eigenvalue weighted by Crippen LogP contribution is -2.19. The molecule has 0 rings (SSSR count). The Balaban J connectivity index is 3.38. The fraction of sp³-hybridized carbons (Fsp3) is 0.889. The number of carbonyl (C=O) groups excluding carboxylic acids is 1. The molecule has 2 nitrogen and oxygen atoms in total. The van der Waals surface area contributed by atoms with Crippen LogP contribution < -0.4 is 0 Å². The molecule has 0 radical (unpaired) electrons. The maximum absolute atomic E-state index is 11.5. The Hall–Kier alpha value is -0.580. The minimum atomic E-state index is -4.70. The zero-order chi connectivity index (χ0) is 11.0. The third-order valence-electron chi connectivity index (χ3n) is 1.71. The highest BCUT2D eigenvalue weighted by Crippen LogP contribution is 2.16. The second-order valence-electron chi connectivity index (χ2n) is 3.08. The second-order valence-corrected chi connectivity index (χ2v) is 3.08. The van der Waals surface area contributed by atoms with E-state index in [4.69, 9.17) is 0 Å². The van der Waals surface area contributed by atoms with Crippen LogP contribution in [0.15, 0.2) is 0 Å². The van der Waals surface area contributed by atoms with Gasteiger partial charge in [-0.05, 0) is 6.42 Å². The lowest BCUT2D eigenvalue weighted by Gasteiger charge is -2.05. The van der Waals surface area contributed by atoms with Crippen LogP contribution in [0.1, 0.15) is 39.0 Å². The van der Waals surface area contributed by atoms with E-state index in [2.05, 4.69) is 4.74 Å². The van der Waals surface area contributed by atoms with Gasteiger partial charge in [0.1, 0.15) is 6.61 Å². The minimum Gasteiger partial charge on any atom is -0.297 e. The number of hydrogen-bond donors (Lipinski definition) is 0. The van der Waals surface area contributed by atoms with Crippen molar-refractivity contribution < 1.29 is 22.7 Å². The molecule has 0 unspecified atom stereocenters. The van der Waals surface area contributed by atoms with Crippen LogP contribution in [0.2, 0.25) is 0 Å². The van der Waals surface area contributed by atoms with Crippen molar-refractivity contribution in [1.82, 2.24) is 0 Å². The first kappa shape index (κ1) is 13.4. The number of ether oxygens (including phenoxy) is 1. The van der Waals surface area contributed by atoms with Gasteiger partial charge in [-0.25, -0.2) is 0 Å². The summed E-state index contributed by atoms with van der Waals surface area (Å²) in [6.45, 7) is 1.17. The van der Waals surface area contributed by atoms with Crippen molar-refractivity contribution in [2.45, 2.75) is 45.4 Å². The molecule has 0 aromatic carbocycles. The van der Waals surface area contributed by atoms with Crippen LogP contribution in [0.3, 0.4) is 0 Å². The second kappa shape index (κ2) is 6.81. The normalized spacial score (nSPS) is 11.7. The van der Waals surface area contributed by atoms with E-state index >= 15 is 0 Å². The Bertz CT molecular complexity index is 166. The Labute approximate surface area is 81.4 Å². The molecule has 0 aromatic heterocycles. The van der Waals surface area contributed by atoms with E-state index in [1.54, 1.807) is 0 Å². The number of alkyl halides is 3. The summed E-state index contributed by atoms with van der Waals surface area (Å²) in [6, 6.07) is 0. The Morgan fingerprint density at radius 1 is 1.21 bits per heavy atom. The van der Waals surface area contributed by atoms with Gasteiger partial charge in [-0.3, -0.25) is 9.53 Å². The van der Waals surface area contributed by atoms with Crippen molar-refractivity contribution in [3.05, 3.63) is 0 Å². The molecule has 0 spiro atoms. The zero-order valence-electron chi connectivity index (χ0n) is 8.19. The molecule has 0 saturated carbocycles. The minimum absolute atomic E-state index is 0.177. The molecule has 0 amide bonds. The topological polar surface area (TPSA) is 26.3 Å². The maximum atomic E-state index is 11.5. The predicted octanol–water partition coefficient (Wildman–Crippen LogP) is 3.06. The van der Waals surface area contributed by atoms with Gasteiger partial charge in [0, 0.05) is 6.42 Å². The quantitative estimate of drug-likeness (QED) is 0.606. The smallest absolute Gasteiger partial charge is 0.297 e. The van der Waals surface area contributed by atoms with Crippen LogP contribution in [0, 0.1) is 0 Å². The van der Waals surface area contributed by atoms with E-state index in [0.717, 1.165) is 19.3 Å². The van der Waals surface area contributed by atoms with Gasteiger partial charge in [0.15, 0.2) is 5.78 Å². The van der Waals surface area contributed by atoms with Crippen LogP contribution in [0.25, 0.3) is 0 Å². The first-order valence-corrected chi connectivity index (χ1v) is 4.68. The largest absolute Gasteiger partial charge is 0.522 e. The third-order valence-corrected chi connectivity index (χ3v) is 1.71. The molecule has 0 saturated heterocycles. The van der Waals surface area contributed by atoms with Crippen molar-refractivity contribution in [2.24, 2.45) is 0 Å². The number of carbonyl (C=O) groups is 1. The van der Waals surface area contributed by atoms with Crippen LogP contribution in [-0.2, 0) is 9.53 Å². The van der Waals surface area contributed by atoms with Gasteiger partial charge in [0.05, 0.1) is 0 Å². The van der Waals surface area contributed by atoms with E-state index in [-0.39, 0.29) is 6.42 Å². The highest BCUT2D eigenvalue weighted by atomic mass is 19.4. The highest BCUT2D eigenvalue weighted by Gasteiger charge is 2.29. The lowest BCUT2D eigenvalue weighted by atomic mass is 10.1. The third kappa shape index (κ3) is 9.51. The van der Waals surface area contributed by atoms with Crippen molar-refractivity contribution in [3.8, 4) is 0 Å². The summed E-state index contributed by atoms with van der Waals surface area (Å²) in [5.41, 5.74) is 0. The molecule has 0 aliphatic carbocycles. The van der Waals surface area contributed by atoms with Crippen LogP contribution in [0.4, 0.5) is 13.2 Å². The summed E-state index contributed by atoms with van der Waals surface area (Å²) in [6.07, 6.45) is -0.946. The van der Waals surface area contributed by atoms with E-state index in [9.17, 15) is 18.0 Å². The molecule has 0 bridgehead atoms. The fourth-order valence-electron chi connectivity index (χ4n) is 0.983. The molecule has 0 heterocycles. The molecular weight excluding hydrogens is 197 g/mol. The summed E-state index contributed by atoms with van der Waals surface area (Å²) >= 11 is 0. The summed E-state index contributed by atoms with van der Waals surface area (Å²) < 4.78 is 37.9. The molecule has 0 aliphatic heterocycles. The number of Topliss-reactive ketones (excluding diaryl/α,β-unsaturated/α-hetero) is 1. The van der Waals surface area contributed by atoms with Crippen LogP contribution >= 0.6 is 0 Å². The monoisotopic (exact) mass is 212 g/mol. The van der Waals surface area contributed by atoms with Crippen molar-refractivity contribution in [1.29, 1.82) is 0 Å². The molecule has 5 heteroatoms. The predicted molar refractivity (Wildman–Crippen MR) is 45.8 cm³/mol. The summed E-state index contributed by atoms with van der Waals surface area (Å²) in [5, 5.41) is 0. The summed E-state index contributed by atoms with van der Waals surface area (Å²) in [7, 11) is 0. The van der Waals surface area contributed by atoms with Gasteiger partial charge >= 0.3 is 6.36 Å². The molecule has 0 fully saturated rings. The van der Waals surface area contributed by atoms with Crippen molar-refractivity contribution in [3.63, 3.8) is 0 Å². The Morgan fingerprint density at radius 2 is 1.86 bits per heavy atom. The van der Waals surface area contributed by atoms with Crippen molar-refractivity contribution in [2.75, 3.05) is 6.61 Å². The molecule has 0 aliphatic rings. The maximum Gasteiger partial charge on any atom is 0.522 e. The first-order chi connectivity index (χ1) is 6.45. The first-order valence-electron chi connectivity index (χ1n) is 4.68. The molecule has 0 aromatic rings. The van der Waals surface area contributed by atoms with E-state index in [1.165, 1.54) is 0 Å². The summed E-state index contributed by atoms with van der Waals surface area (Å²) in [5.74, 6) is -0.488. The van der Waals surface area contributed by atoms with Crippen LogP contribution in [-0.4, -0.2) is 18.8 Å². The van der Waals surface area contributed by atoms with Gasteiger partial charge in [0.25, 0.3) is 0 Å². The lowest BCUT2D eigenvalue weighted by molar-refractivity contribution is -0.320. The Morgan fingerprint density at radius 3 is 2.36 bits per heavy atom. The zero-order valence-corrected chi connectivity index (χ0v) is 8.19. The number of unbranched alkanes of at least 4 members (excludes halogenated alkanes) is 3. The number of rotatable bonds is 7. The summed E-state index contributed by atoms with van der Waals surface area (Å²) in [4.78, 5) is 10.8. The van der Waals surface area contributed by atoms with Gasteiger partial charge in [0.2, 0.25) is 0 Å². The highest BCUT2D eigenvalue weighted by molar-refractivity contribution is 5.79. The number of halogens is 3. The molecule has 0 N–H and O–H groups in total. The van der Waals surface area contributed by atoms with Gasteiger partial charge in [-0.1, -0.05) is 26.2 Å². The van der Waals surface area contributed by atoms with Crippen LogP contribution in [0.5, 0.6) is 0 Å². The molecular formula is C9H15F3O2. The van der Waals surface area contributed by atoms with Gasteiger partial charge in [-0.2, -0.15) is 0 Å². The average molecular weight is 212 g/mol. The Kier molecular flexibility index (Phi) is 6.53. The molecule has 14 heavy (non-hydrogen) atoms. The van der Waals surface area contributed by atoms with Crippen molar-refractivity contribution >= 4 is 5.78 Å². The fourth-order valence-corrected chi connectivity index (χ4v) is 0.983. The molecule has 0 atom stereocenters. The van der Waals surface area contributed by atoms with E-state index < -0.39 is 18.8 Å². The van der Waals surface area contributed by atoms with Gasteiger partial charge < -0.3 is 0 Å². The van der Waals surface area contributed by atoms with E-state index in [1.807, 2.05) is 6.92 Å². The average Bonchev–Trinajstić information content (AvgIpc) is 2.08. The SMILES string of the molecule is CCCCCCC(=O)COC(F)(F)F. The van der Waals surface area contributed by atoms with Gasteiger partial charge in [-0.15, -0.1) is 13.2 Å². The number of ketones is 1.